The maximum absolute atomic E-state index is 12.2. The van der Waals surface area contributed by atoms with Gasteiger partial charge in [0.15, 0.2) is 0 Å². The summed E-state index contributed by atoms with van der Waals surface area (Å²) in [6.07, 6.45) is 8.12. The number of nitrogens with one attached hydrogen (secondary N) is 2. The van der Waals surface area contributed by atoms with E-state index in [9.17, 15) is 9.00 Å². The number of carbonyl (C=O) groups is 1. The largest absolute Gasteiger partial charge is 0.323 e. The van der Waals surface area contributed by atoms with Crippen LogP contribution in [-0.2, 0) is 10.8 Å². The Morgan fingerprint density at radius 2 is 1.88 bits per heavy atom. The molecule has 0 radical (unpaired) electrons. The molecular formula is C17H22N4O2S. The zero-order chi connectivity index (χ0) is 17.1. The van der Waals surface area contributed by atoms with Crippen LogP contribution < -0.4 is 10.6 Å². The van der Waals surface area contributed by atoms with Gasteiger partial charge in [0.1, 0.15) is 0 Å². The van der Waals surface area contributed by atoms with E-state index in [0.717, 1.165) is 29.1 Å². The average molecular weight is 346 g/mol. The standard InChI is InChI=1S/C17H22N4O2S/c1-12-16(11-18-21(12)14-5-3-4-6-14)20-17(22)19-13-7-9-15(10-8-13)24(2)23/h7-11,14H,3-6H2,1-2H3,(H2,19,20,22)/t24-/m1/s1. The molecule has 0 bridgehead atoms. The molecule has 0 saturated heterocycles. The molecule has 1 atom stereocenters. The second kappa shape index (κ2) is 7.17. The first-order valence-corrected chi connectivity index (χ1v) is 9.66. The predicted octanol–water partition coefficient (Wildman–Crippen LogP) is 3.69. The summed E-state index contributed by atoms with van der Waals surface area (Å²) in [5, 5.41) is 10.1. The lowest BCUT2D eigenvalue weighted by Gasteiger charge is -2.13. The van der Waals surface area contributed by atoms with Gasteiger partial charge in [-0.2, -0.15) is 5.10 Å². The minimum Gasteiger partial charge on any atom is -0.308 e. The second-order valence-corrected chi connectivity index (χ2v) is 7.46. The highest BCUT2D eigenvalue weighted by Gasteiger charge is 2.20. The Balaban J connectivity index is 1.63. The van der Waals surface area contributed by atoms with Crippen LogP contribution in [0, 0.1) is 6.92 Å². The van der Waals surface area contributed by atoms with Crippen molar-refractivity contribution in [2.75, 3.05) is 16.9 Å². The molecule has 0 spiro atoms. The number of amides is 2. The fourth-order valence-corrected chi connectivity index (χ4v) is 3.60. The normalized spacial score (nSPS) is 16.1. The number of hydrogen-bond donors (Lipinski definition) is 2. The maximum atomic E-state index is 12.2. The van der Waals surface area contributed by atoms with Gasteiger partial charge in [0.2, 0.25) is 0 Å². The van der Waals surface area contributed by atoms with Crippen molar-refractivity contribution >= 4 is 28.2 Å². The summed E-state index contributed by atoms with van der Waals surface area (Å²) in [6, 6.07) is 7.11. The Morgan fingerprint density at radius 1 is 1.21 bits per heavy atom. The zero-order valence-electron chi connectivity index (χ0n) is 13.9. The van der Waals surface area contributed by atoms with E-state index in [1.807, 2.05) is 11.6 Å². The first kappa shape index (κ1) is 16.7. The first-order chi connectivity index (χ1) is 11.5. The van der Waals surface area contributed by atoms with Crippen LogP contribution in [0.5, 0.6) is 0 Å². The van der Waals surface area contributed by atoms with Crippen molar-refractivity contribution in [2.45, 2.75) is 43.5 Å². The first-order valence-electron chi connectivity index (χ1n) is 8.10. The summed E-state index contributed by atoms with van der Waals surface area (Å²) in [6.45, 7) is 1.98. The molecule has 128 valence electrons. The third-order valence-electron chi connectivity index (χ3n) is 4.41. The molecular weight excluding hydrogens is 324 g/mol. The van der Waals surface area contributed by atoms with Gasteiger partial charge in [0.05, 0.1) is 23.6 Å². The number of nitrogens with zero attached hydrogens (tertiary/aromatic N) is 2. The molecule has 1 aliphatic rings. The Bertz CT molecular complexity index is 748. The molecule has 1 fully saturated rings. The number of benzene rings is 1. The number of anilines is 2. The number of urea groups is 1. The summed E-state index contributed by atoms with van der Waals surface area (Å²) in [4.78, 5) is 12.9. The predicted molar refractivity (Wildman–Crippen MR) is 95.9 cm³/mol. The van der Waals surface area contributed by atoms with E-state index >= 15 is 0 Å². The lowest BCUT2D eigenvalue weighted by molar-refractivity contribution is 0.262. The van der Waals surface area contributed by atoms with Gasteiger partial charge < -0.3 is 10.6 Å². The third kappa shape index (κ3) is 3.67. The number of rotatable bonds is 4. The van der Waals surface area contributed by atoms with E-state index in [4.69, 9.17) is 0 Å². The lowest BCUT2D eigenvalue weighted by Crippen LogP contribution is -2.20. The van der Waals surface area contributed by atoms with Gasteiger partial charge in [-0.15, -0.1) is 0 Å². The van der Waals surface area contributed by atoms with E-state index in [0.29, 0.717) is 11.7 Å². The molecule has 2 N–H and O–H groups in total. The highest BCUT2D eigenvalue weighted by molar-refractivity contribution is 7.84. The smallest absolute Gasteiger partial charge is 0.308 e. The molecule has 3 rings (SSSR count). The van der Waals surface area contributed by atoms with Crippen LogP contribution in [0.25, 0.3) is 0 Å². The Hall–Kier alpha value is -2.15. The summed E-state index contributed by atoms with van der Waals surface area (Å²) < 4.78 is 13.4. The molecule has 1 saturated carbocycles. The van der Waals surface area contributed by atoms with Gasteiger partial charge in [-0.1, -0.05) is 12.8 Å². The van der Waals surface area contributed by atoms with Crippen molar-refractivity contribution in [1.29, 1.82) is 0 Å². The molecule has 0 unspecified atom stereocenters. The SMILES string of the molecule is Cc1c(NC(=O)Nc2ccc([S@@](C)=O)cc2)cnn1C1CCCC1. The van der Waals surface area contributed by atoms with Gasteiger partial charge in [-0.25, -0.2) is 4.79 Å². The molecule has 2 aromatic rings. The van der Waals surface area contributed by atoms with Crippen LogP contribution in [0.3, 0.4) is 0 Å². The van der Waals surface area contributed by atoms with Crippen molar-refractivity contribution in [1.82, 2.24) is 9.78 Å². The van der Waals surface area contributed by atoms with Crippen molar-refractivity contribution in [3.8, 4) is 0 Å². The molecule has 1 heterocycles. The zero-order valence-corrected chi connectivity index (χ0v) is 14.7. The molecule has 6 nitrogen and oxygen atoms in total. The summed E-state index contributed by atoms with van der Waals surface area (Å²) in [7, 11) is -1.02. The minimum atomic E-state index is -1.02. The quantitative estimate of drug-likeness (QED) is 0.886. The minimum absolute atomic E-state index is 0.311. The third-order valence-corrected chi connectivity index (χ3v) is 5.34. The van der Waals surface area contributed by atoms with E-state index in [1.54, 1.807) is 36.7 Å². The van der Waals surface area contributed by atoms with E-state index in [-0.39, 0.29) is 6.03 Å². The van der Waals surface area contributed by atoms with Crippen LogP contribution in [0.4, 0.5) is 16.2 Å². The van der Waals surface area contributed by atoms with Crippen molar-refractivity contribution in [3.05, 3.63) is 36.2 Å². The summed E-state index contributed by atoms with van der Waals surface area (Å²) >= 11 is 0. The van der Waals surface area contributed by atoms with Crippen LogP contribution >= 0.6 is 0 Å². The molecule has 1 aromatic carbocycles. The van der Waals surface area contributed by atoms with Gasteiger partial charge in [0, 0.05) is 27.6 Å². The molecule has 2 amide bonds. The van der Waals surface area contributed by atoms with Gasteiger partial charge in [-0.3, -0.25) is 8.89 Å². The van der Waals surface area contributed by atoms with E-state index in [1.165, 1.54) is 12.8 Å². The molecule has 1 aromatic heterocycles. The van der Waals surface area contributed by atoms with Crippen molar-refractivity contribution in [3.63, 3.8) is 0 Å². The molecule has 1 aliphatic carbocycles. The Morgan fingerprint density at radius 3 is 2.50 bits per heavy atom. The fourth-order valence-electron chi connectivity index (χ4n) is 3.08. The average Bonchev–Trinajstić information content (AvgIpc) is 3.19. The fraction of sp³-hybridized carbons (Fsp3) is 0.412. The molecule has 7 heteroatoms. The Labute approximate surface area is 144 Å². The Kier molecular flexibility index (Phi) is 4.99. The molecule has 0 aliphatic heterocycles. The monoisotopic (exact) mass is 346 g/mol. The van der Waals surface area contributed by atoms with Crippen LogP contribution in [0.2, 0.25) is 0 Å². The topological polar surface area (TPSA) is 76.0 Å². The van der Waals surface area contributed by atoms with Crippen molar-refractivity contribution in [2.24, 2.45) is 0 Å². The summed E-state index contributed by atoms with van der Waals surface area (Å²) in [5.74, 6) is 0. The number of aromatic nitrogens is 2. The number of carbonyl (C=O) groups excluding carboxylic acids is 1. The molecule has 24 heavy (non-hydrogen) atoms. The highest BCUT2D eigenvalue weighted by atomic mass is 32.2. The summed E-state index contributed by atoms with van der Waals surface area (Å²) in [5.41, 5.74) is 2.36. The highest BCUT2D eigenvalue weighted by Crippen LogP contribution is 2.31. The lowest BCUT2D eigenvalue weighted by atomic mass is 10.2. The van der Waals surface area contributed by atoms with Gasteiger partial charge in [0.25, 0.3) is 0 Å². The van der Waals surface area contributed by atoms with Gasteiger partial charge >= 0.3 is 6.03 Å². The van der Waals surface area contributed by atoms with Crippen LogP contribution in [-0.4, -0.2) is 26.3 Å². The number of hydrogen-bond acceptors (Lipinski definition) is 3. The maximum Gasteiger partial charge on any atom is 0.323 e. The van der Waals surface area contributed by atoms with Crippen LogP contribution in [0.1, 0.15) is 37.4 Å². The van der Waals surface area contributed by atoms with Gasteiger partial charge in [-0.05, 0) is 44.0 Å². The second-order valence-electron chi connectivity index (χ2n) is 6.08. The van der Waals surface area contributed by atoms with Crippen molar-refractivity contribution < 1.29 is 9.00 Å². The van der Waals surface area contributed by atoms with E-state index in [2.05, 4.69) is 15.7 Å². The van der Waals surface area contributed by atoms with Crippen LogP contribution in [0.15, 0.2) is 35.4 Å². The van der Waals surface area contributed by atoms with E-state index < -0.39 is 10.8 Å².